The summed E-state index contributed by atoms with van der Waals surface area (Å²) in [5.74, 6) is 5.11. The van der Waals surface area contributed by atoms with Crippen LogP contribution in [0.15, 0.2) is 0 Å². The third kappa shape index (κ3) is 1.58. The number of nitrogens with zero attached hydrogens (tertiary/aromatic N) is 1. The van der Waals surface area contributed by atoms with Gasteiger partial charge in [-0.2, -0.15) is 0 Å². The van der Waals surface area contributed by atoms with Gasteiger partial charge in [0.2, 0.25) is 0 Å². The molecule has 1 nitrogen and oxygen atoms in total. The highest BCUT2D eigenvalue weighted by molar-refractivity contribution is 6.18. The van der Waals surface area contributed by atoms with Crippen molar-refractivity contribution in [3.8, 4) is 0 Å². The van der Waals surface area contributed by atoms with Crippen molar-refractivity contribution in [1.29, 1.82) is 0 Å². The molecule has 0 radical (unpaired) electrons. The highest BCUT2D eigenvalue weighted by Gasteiger charge is 2.51. The highest BCUT2D eigenvalue weighted by Crippen LogP contribution is 2.54. The van der Waals surface area contributed by atoms with Gasteiger partial charge >= 0.3 is 0 Å². The van der Waals surface area contributed by atoms with Gasteiger partial charge in [0.1, 0.15) is 0 Å². The molecule has 0 aromatic rings. The number of alkyl halides is 1. The van der Waals surface area contributed by atoms with Gasteiger partial charge in [-0.1, -0.05) is 0 Å². The summed E-state index contributed by atoms with van der Waals surface area (Å²) in [7, 11) is 0. The average Bonchev–Trinajstić information content (AvgIpc) is 2.72. The Hall–Kier alpha value is 0.540. The Morgan fingerprint density at radius 2 is 1.64 bits per heavy atom. The molecule has 0 aromatic carbocycles. The standard InChI is InChI=1S/C11H18ClN.ClH/c12-3-4-13-6-10-8-1-2-9(5-8)11(10)7-13;/h8-11H,1-7H2;1H. The zero-order chi connectivity index (χ0) is 8.84. The second-order valence-electron chi connectivity index (χ2n) is 5.11. The zero-order valence-corrected chi connectivity index (χ0v) is 10.1. The summed E-state index contributed by atoms with van der Waals surface area (Å²) in [4.78, 5) is 2.59. The van der Waals surface area contributed by atoms with E-state index in [1.807, 2.05) is 0 Å². The largest absolute Gasteiger partial charge is 0.302 e. The van der Waals surface area contributed by atoms with Gasteiger partial charge in [0.15, 0.2) is 0 Å². The molecule has 0 aromatic heterocycles. The van der Waals surface area contributed by atoms with E-state index in [1.165, 1.54) is 25.9 Å². The topological polar surface area (TPSA) is 3.24 Å². The molecule has 1 saturated heterocycles. The fourth-order valence-corrected chi connectivity index (χ4v) is 4.31. The van der Waals surface area contributed by atoms with Gasteiger partial charge in [0.25, 0.3) is 0 Å². The zero-order valence-electron chi connectivity index (χ0n) is 8.49. The van der Waals surface area contributed by atoms with E-state index in [9.17, 15) is 0 Å². The van der Waals surface area contributed by atoms with Crippen LogP contribution in [-0.2, 0) is 0 Å². The molecule has 14 heavy (non-hydrogen) atoms. The maximum absolute atomic E-state index is 5.78. The van der Waals surface area contributed by atoms with Crippen LogP contribution in [0.2, 0.25) is 0 Å². The lowest BCUT2D eigenvalue weighted by molar-refractivity contribution is 0.281. The molecular formula is C11H19Cl2N. The van der Waals surface area contributed by atoms with Crippen molar-refractivity contribution in [2.75, 3.05) is 25.5 Å². The van der Waals surface area contributed by atoms with E-state index in [0.29, 0.717) is 0 Å². The Morgan fingerprint density at radius 1 is 1.07 bits per heavy atom. The van der Waals surface area contributed by atoms with Crippen LogP contribution in [0.25, 0.3) is 0 Å². The summed E-state index contributed by atoms with van der Waals surface area (Å²) < 4.78 is 0. The molecule has 0 spiro atoms. The monoisotopic (exact) mass is 235 g/mol. The molecule has 0 amide bonds. The Morgan fingerprint density at radius 3 is 2.14 bits per heavy atom. The van der Waals surface area contributed by atoms with E-state index in [1.54, 1.807) is 6.42 Å². The molecule has 3 heteroatoms. The van der Waals surface area contributed by atoms with Gasteiger partial charge in [-0.25, -0.2) is 0 Å². The number of hydrogen-bond acceptors (Lipinski definition) is 1. The predicted molar refractivity (Wildman–Crippen MR) is 62.2 cm³/mol. The van der Waals surface area contributed by atoms with Crippen molar-refractivity contribution in [3.63, 3.8) is 0 Å². The van der Waals surface area contributed by atoms with Crippen molar-refractivity contribution >= 4 is 24.0 Å². The van der Waals surface area contributed by atoms with Gasteiger partial charge in [-0.3, -0.25) is 0 Å². The molecule has 3 fully saturated rings. The van der Waals surface area contributed by atoms with Crippen LogP contribution in [-0.4, -0.2) is 30.4 Å². The van der Waals surface area contributed by atoms with E-state index in [-0.39, 0.29) is 12.4 Å². The maximum atomic E-state index is 5.78. The minimum Gasteiger partial charge on any atom is -0.302 e. The van der Waals surface area contributed by atoms with Crippen molar-refractivity contribution in [2.24, 2.45) is 23.7 Å². The fraction of sp³-hybridized carbons (Fsp3) is 1.00. The van der Waals surface area contributed by atoms with Gasteiger partial charge in [0, 0.05) is 25.5 Å². The summed E-state index contributed by atoms with van der Waals surface area (Å²) in [5, 5.41) is 0. The summed E-state index contributed by atoms with van der Waals surface area (Å²) in [6.45, 7) is 3.84. The van der Waals surface area contributed by atoms with Crippen LogP contribution < -0.4 is 0 Å². The quantitative estimate of drug-likeness (QED) is 0.666. The molecule has 1 heterocycles. The minimum absolute atomic E-state index is 0. The van der Waals surface area contributed by atoms with Crippen LogP contribution in [0.4, 0.5) is 0 Å². The summed E-state index contributed by atoms with van der Waals surface area (Å²) in [6.07, 6.45) is 4.62. The predicted octanol–water partition coefficient (Wildman–Crippen LogP) is 2.62. The smallest absolute Gasteiger partial charge is 0.0351 e. The van der Waals surface area contributed by atoms with Crippen molar-refractivity contribution < 1.29 is 0 Å². The molecule has 2 saturated carbocycles. The Balaban J connectivity index is 0.000000750. The molecule has 3 aliphatic rings. The van der Waals surface area contributed by atoms with E-state index >= 15 is 0 Å². The third-order valence-corrected chi connectivity index (χ3v) is 4.78. The second-order valence-corrected chi connectivity index (χ2v) is 5.49. The van der Waals surface area contributed by atoms with Crippen molar-refractivity contribution in [2.45, 2.75) is 19.3 Å². The van der Waals surface area contributed by atoms with E-state index in [0.717, 1.165) is 36.1 Å². The molecule has 3 rings (SSSR count). The summed E-state index contributed by atoms with van der Waals surface area (Å²) in [6, 6.07) is 0. The summed E-state index contributed by atoms with van der Waals surface area (Å²) in [5.41, 5.74) is 0. The van der Waals surface area contributed by atoms with Crippen molar-refractivity contribution in [3.05, 3.63) is 0 Å². The Kier molecular flexibility index (Phi) is 3.30. The lowest BCUT2D eigenvalue weighted by Gasteiger charge is -2.22. The third-order valence-electron chi connectivity index (χ3n) is 4.61. The first-order valence-corrected chi connectivity index (χ1v) is 6.20. The molecule has 2 bridgehead atoms. The molecular weight excluding hydrogens is 217 g/mol. The van der Waals surface area contributed by atoms with Gasteiger partial charge in [-0.15, -0.1) is 24.0 Å². The number of likely N-dealkylation sites (tertiary alicyclic amines) is 1. The normalized spacial score (nSPS) is 45.2. The van der Waals surface area contributed by atoms with Crippen LogP contribution in [0, 0.1) is 23.7 Å². The molecule has 2 aliphatic carbocycles. The lowest BCUT2D eigenvalue weighted by atomic mass is 9.82. The van der Waals surface area contributed by atoms with Crippen molar-refractivity contribution in [1.82, 2.24) is 4.90 Å². The number of halogens is 2. The van der Waals surface area contributed by atoms with Gasteiger partial charge in [0.05, 0.1) is 0 Å². The van der Waals surface area contributed by atoms with E-state index < -0.39 is 0 Å². The number of fused-ring (bicyclic) bond motifs is 5. The first kappa shape index (κ1) is 11.0. The van der Waals surface area contributed by atoms with Gasteiger partial charge < -0.3 is 4.90 Å². The highest BCUT2D eigenvalue weighted by atomic mass is 35.5. The number of hydrogen-bond donors (Lipinski definition) is 0. The van der Waals surface area contributed by atoms with Gasteiger partial charge in [-0.05, 0) is 42.9 Å². The molecule has 4 atom stereocenters. The molecule has 1 aliphatic heterocycles. The molecule has 82 valence electrons. The Bertz CT molecular complexity index is 191. The van der Waals surface area contributed by atoms with Crippen LogP contribution in [0.1, 0.15) is 19.3 Å². The lowest BCUT2D eigenvalue weighted by Crippen LogP contribution is -2.24. The SMILES string of the molecule is Cl.ClCCN1CC2C3CCC(C3)C2C1. The van der Waals surface area contributed by atoms with Crippen LogP contribution in [0.3, 0.4) is 0 Å². The minimum atomic E-state index is 0. The molecule has 4 unspecified atom stereocenters. The fourth-order valence-electron chi connectivity index (χ4n) is 4.07. The number of rotatable bonds is 2. The van der Waals surface area contributed by atoms with E-state index in [2.05, 4.69) is 4.90 Å². The summed E-state index contributed by atoms with van der Waals surface area (Å²) >= 11 is 5.78. The molecule has 0 N–H and O–H groups in total. The van der Waals surface area contributed by atoms with Crippen LogP contribution in [0.5, 0.6) is 0 Å². The Labute approximate surface area is 97.6 Å². The maximum Gasteiger partial charge on any atom is 0.0351 e. The second kappa shape index (κ2) is 4.19. The first-order valence-electron chi connectivity index (χ1n) is 5.67. The van der Waals surface area contributed by atoms with Crippen LogP contribution >= 0.6 is 24.0 Å². The van der Waals surface area contributed by atoms with E-state index in [4.69, 9.17) is 11.6 Å². The average molecular weight is 236 g/mol. The first-order chi connectivity index (χ1) is 6.38.